The average Bonchev–Trinajstić information content (AvgIpc) is 2.91. The monoisotopic (exact) mass is 317 g/mol. The van der Waals surface area contributed by atoms with Crippen LogP contribution in [0.4, 0.5) is 0 Å². The van der Waals surface area contributed by atoms with Crippen LogP contribution >= 0.6 is 11.3 Å². The standard InChI is InChI=1S/C18H23NO2S/c1-14-11-16-12-15(5-6-17(16)22-14)7-10-21-13-18(20)19-8-3-2-4-9-19/h5-6,11-12H,2-4,7-10,13H2,1H3. The van der Waals surface area contributed by atoms with Crippen LogP contribution in [0.3, 0.4) is 0 Å². The summed E-state index contributed by atoms with van der Waals surface area (Å²) in [6, 6.07) is 8.80. The van der Waals surface area contributed by atoms with E-state index in [4.69, 9.17) is 4.74 Å². The van der Waals surface area contributed by atoms with Gasteiger partial charge in [-0.1, -0.05) is 12.1 Å². The third-order valence-electron chi connectivity index (χ3n) is 4.17. The SMILES string of the molecule is Cc1cc2cc(CCOCC(=O)N3CCCCC3)ccc2s1. The number of ether oxygens (including phenoxy) is 1. The first kappa shape index (κ1) is 15.5. The molecular formula is C18H23NO2S. The normalized spacial score (nSPS) is 15.4. The van der Waals surface area contributed by atoms with Crippen LogP contribution in [-0.4, -0.2) is 37.1 Å². The first-order chi connectivity index (χ1) is 10.7. The molecule has 1 aromatic heterocycles. The van der Waals surface area contributed by atoms with Crippen LogP contribution in [-0.2, 0) is 16.0 Å². The fourth-order valence-electron chi connectivity index (χ4n) is 2.97. The molecule has 0 radical (unpaired) electrons. The van der Waals surface area contributed by atoms with Crippen molar-refractivity contribution < 1.29 is 9.53 Å². The van der Waals surface area contributed by atoms with Gasteiger partial charge in [0.1, 0.15) is 6.61 Å². The van der Waals surface area contributed by atoms with Crippen molar-refractivity contribution in [2.24, 2.45) is 0 Å². The van der Waals surface area contributed by atoms with Gasteiger partial charge in [-0.3, -0.25) is 4.79 Å². The van der Waals surface area contributed by atoms with E-state index in [1.807, 2.05) is 16.2 Å². The quantitative estimate of drug-likeness (QED) is 0.785. The molecule has 0 unspecified atom stereocenters. The fraction of sp³-hybridized carbons (Fsp3) is 0.500. The maximum Gasteiger partial charge on any atom is 0.248 e. The van der Waals surface area contributed by atoms with Crippen molar-refractivity contribution in [2.45, 2.75) is 32.6 Å². The van der Waals surface area contributed by atoms with Crippen molar-refractivity contribution in [2.75, 3.05) is 26.3 Å². The predicted octanol–water partition coefficient (Wildman–Crippen LogP) is 3.78. The molecule has 0 aliphatic carbocycles. The van der Waals surface area contributed by atoms with Gasteiger partial charge in [-0.05, 0) is 55.7 Å². The minimum atomic E-state index is 0.142. The maximum atomic E-state index is 12.0. The number of hydrogen-bond acceptors (Lipinski definition) is 3. The minimum absolute atomic E-state index is 0.142. The molecule has 1 aliphatic heterocycles. The second-order valence-electron chi connectivity index (χ2n) is 5.97. The maximum absolute atomic E-state index is 12.0. The summed E-state index contributed by atoms with van der Waals surface area (Å²) in [7, 11) is 0. The van der Waals surface area contributed by atoms with Crippen LogP contribution in [0.1, 0.15) is 29.7 Å². The summed E-state index contributed by atoms with van der Waals surface area (Å²) in [4.78, 5) is 15.3. The molecule has 1 saturated heterocycles. The highest BCUT2D eigenvalue weighted by molar-refractivity contribution is 7.19. The van der Waals surface area contributed by atoms with E-state index in [0.717, 1.165) is 32.4 Å². The zero-order chi connectivity index (χ0) is 15.4. The molecule has 0 saturated carbocycles. The highest BCUT2D eigenvalue weighted by atomic mass is 32.1. The van der Waals surface area contributed by atoms with Gasteiger partial charge in [0.05, 0.1) is 6.61 Å². The Balaban J connectivity index is 1.44. The van der Waals surface area contributed by atoms with E-state index >= 15 is 0 Å². The summed E-state index contributed by atoms with van der Waals surface area (Å²) >= 11 is 1.83. The molecule has 3 rings (SSSR count). The van der Waals surface area contributed by atoms with Crippen molar-refractivity contribution in [1.82, 2.24) is 4.90 Å². The minimum Gasteiger partial charge on any atom is -0.371 e. The van der Waals surface area contributed by atoms with Gasteiger partial charge in [0.15, 0.2) is 0 Å². The van der Waals surface area contributed by atoms with Crippen molar-refractivity contribution in [3.8, 4) is 0 Å². The lowest BCUT2D eigenvalue weighted by Crippen LogP contribution is -2.38. The molecule has 0 spiro atoms. The largest absolute Gasteiger partial charge is 0.371 e. The summed E-state index contributed by atoms with van der Waals surface area (Å²) in [6.45, 7) is 4.76. The molecule has 0 atom stereocenters. The van der Waals surface area contributed by atoms with Gasteiger partial charge in [0.25, 0.3) is 0 Å². The molecule has 1 aliphatic rings. The van der Waals surface area contributed by atoms with Crippen LogP contribution in [0, 0.1) is 6.92 Å². The number of amides is 1. The Bertz CT molecular complexity index is 644. The van der Waals surface area contributed by atoms with E-state index in [1.165, 1.54) is 26.9 Å². The van der Waals surface area contributed by atoms with Crippen molar-refractivity contribution in [3.63, 3.8) is 0 Å². The van der Waals surface area contributed by atoms with Gasteiger partial charge in [0, 0.05) is 22.7 Å². The number of fused-ring (bicyclic) bond motifs is 1. The molecule has 4 heteroatoms. The fourth-order valence-corrected chi connectivity index (χ4v) is 3.87. The lowest BCUT2D eigenvalue weighted by molar-refractivity contribution is -0.137. The Hall–Kier alpha value is -1.39. The lowest BCUT2D eigenvalue weighted by atomic mass is 10.1. The average molecular weight is 317 g/mol. The summed E-state index contributed by atoms with van der Waals surface area (Å²) in [5.74, 6) is 0.142. The third kappa shape index (κ3) is 3.87. The zero-order valence-electron chi connectivity index (χ0n) is 13.1. The van der Waals surface area contributed by atoms with Crippen molar-refractivity contribution in [3.05, 3.63) is 34.7 Å². The Labute approximate surface area is 135 Å². The number of piperidine rings is 1. The smallest absolute Gasteiger partial charge is 0.248 e. The summed E-state index contributed by atoms with van der Waals surface area (Å²) in [6.07, 6.45) is 4.37. The third-order valence-corrected chi connectivity index (χ3v) is 5.20. The summed E-state index contributed by atoms with van der Waals surface area (Å²) in [5.41, 5.74) is 1.27. The van der Waals surface area contributed by atoms with Crippen LogP contribution < -0.4 is 0 Å². The molecule has 22 heavy (non-hydrogen) atoms. The number of rotatable bonds is 5. The second-order valence-corrected chi connectivity index (χ2v) is 7.26. The number of likely N-dealkylation sites (tertiary alicyclic amines) is 1. The number of carbonyl (C=O) groups excluding carboxylic acids is 1. The molecule has 1 fully saturated rings. The zero-order valence-corrected chi connectivity index (χ0v) is 14.0. The predicted molar refractivity (Wildman–Crippen MR) is 91.5 cm³/mol. The molecule has 1 amide bonds. The summed E-state index contributed by atoms with van der Waals surface area (Å²) in [5, 5.41) is 1.31. The summed E-state index contributed by atoms with van der Waals surface area (Å²) < 4.78 is 6.92. The number of benzene rings is 1. The first-order valence-electron chi connectivity index (χ1n) is 8.07. The molecule has 2 aromatic rings. The van der Waals surface area contributed by atoms with Crippen LogP contribution in [0.25, 0.3) is 10.1 Å². The second kappa shape index (κ2) is 7.25. The molecule has 2 heterocycles. The van der Waals surface area contributed by atoms with Gasteiger partial charge >= 0.3 is 0 Å². The van der Waals surface area contributed by atoms with E-state index in [2.05, 4.69) is 31.2 Å². The van der Waals surface area contributed by atoms with Crippen LogP contribution in [0.2, 0.25) is 0 Å². The number of hydrogen-bond donors (Lipinski definition) is 0. The highest BCUT2D eigenvalue weighted by Gasteiger charge is 2.16. The first-order valence-corrected chi connectivity index (χ1v) is 8.88. The molecule has 118 valence electrons. The van der Waals surface area contributed by atoms with Gasteiger partial charge in [-0.25, -0.2) is 0 Å². The van der Waals surface area contributed by atoms with Gasteiger partial charge in [-0.2, -0.15) is 0 Å². The molecule has 0 bridgehead atoms. The van der Waals surface area contributed by atoms with Gasteiger partial charge < -0.3 is 9.64 Å². The van der Waals surface area contributed by atoms with Crippen molar-refractivity contribution >= 4 is 27.3 Å². The Morgan fingerprint density at radius 3 is 2.86 bits per heavy atom. The molecule has 3 nitrogen and oxygen atoms in total. The molecular weight excluding hydrogens is 294 g/mol. The van der Waals surface area contributed by atoms with E-state index in [0.29, 0.717) is 6.61 Å². The molecule has 0 N–H and O–H groups in total. The topological polar surface area (TPSA) is 29.5 Å². The number of nitrogens with zero attached hydrogens (tertiary/aromatic N) is 1. The van der Waals surface area contributed by atoms with E-state index < -0.39 is 0 Å². The molecule has 1 aromatic carbocycles. The van der Waals surface area contributed by atoms with Crippen LogP contribution in [0.5, 0.6) is 0 Å². The Morgan fingerprint density at radius 2 is 2.05 bits per heavy atom. The number of aryl methyl sites for hydroxylation is 1. The number of thiophene rings is 1. The lowest BCUT2D eigenvalue weighted by Gasteiger charge is -2.26. The highest BCUT2D eigenvalue weighted by Crippen LogP contribution is 2.25. The van der Waals surface area contributed by atoms with Gasteiger partial charge in [0.2, 0.25) is 5.91 Å². The van der Waals surface area contributed by atoms with E-state index in [1.54, 1.807) is 0 Å². The van der Waals surface area contributed by atoms with E-state index in [9.17, 15) is 4.79 Å². The van der Waals surface area contributed by atoms with Crippen molar-refractivity contribution in [1.29, 1.82) is 0 Å². The number of carbonyl (C=O) groups is 1. The van der Waals surface area contributed by atoms with Gasteiger partial charge in [-0.15, -0.1) is 11.3 Å². The Kier molecular flexibility index (Phi) is 5.11. The van der Waals surface area contributed by atoms with Crippen LogP contribution in [0.15, 0.2) is 24.3 Å². The Morgan fingerprint density at radius 1 is 1.23 bits per heavy atom. The van der Waals surface area contributed by atoms with E-state index in [-0.39, 0.29) is 12.5 Å².